The Morgan fingerprint density at radius 2 is 2.12 bits per heavy atom. The quantitative estimate of drug-likeness (QED) is 0.865. The topological polar surface area (TPSA) is 47.4 Å². The van der Waals surface area contributed by atoms with E-state index in [1.54, 1.807) is 37.0 Å². The van der Waals surface area contributed by atoms with Gasteiger partial charge in [0, 0.05) is 32.8 Å². The number of aryl methyl sites for hydroxylation is 1. The van der Waals surface area contributed by atoms with Crippen LogP contribution in [0.3, 0.4) is 0 Å². The molecule has 1 aromatic heterocycles. The van der Waals surface area contributed by atoms with E-state index in [0.717, 1.165) is 24.9 Å². The minimum atomic E-state index is -0.288. The fourth-order valence-electron chi connectivity index (χ4n) is 3.21. The molecule has 128 valence electrons. The third-order valence-corrected chi connectivity index (χ3v) is 4.45. The summed E-state index contributed by atoms with van der Waals surface area (Å²) in [5.74, 6) is 0.0835. The highest BCUT2D eigenvalue weighted by molar-refractivity contribution is 5.93. The number of likely N-dealkylation sites (tertiary alicyclic amines) is 1. The van der Waals surface area contributed by atoms with E-state index >= 15 is 0 Å². The van der Waals surface area contributed by atoms with Crippen LogP contribution in [0.2, 0.25) is 0 Å². The average molecular weight is 331 g/mol. The Morgan fingerprint density at radius 1 is 1.38 bits per heavy atom. The Morgan fingerprint density at radius 3 is 2.83 bits per heavy atom. The molecule has 0 bridgehead atoms. The molecule has 0 radical (unpaired) electrons. The maximum absolute atomic E-state index is 13.1. The molecular weight excluding hydrogens is 309 g/mol. The number of amides is 1. The number of aromatic nitrogens is 2. The number of piperidine rings is 1. The van der Waals surface area contributed by atoms with Crippen molar-refractivity contribution in [3.8, 4) is 11.3 Å². The Labute approximate surface area is 141 Å². The number of carbonyl (C=O) groups excluding carboxylic acids is 1. The minimum Gasteiger partial charge on any atom is -0.384 e. The number of benzene rings is 1. The summed E-state index contributed by atoms with van der Waals surface area (Å²) in [5.41, 5.74) is 2.01. The zero-order chi connectivity index (χ0) is 17.1. The Bertz CT molecular complexity index is 710. The second kappa shape index (κ2) is 7.13. The molecule has 1 aliphatic rings. The van der Waals surface area contributed by atoms with E-state index in [0.29, 0.717) is 30.5 Å². The second-order valence-electron chi connectivity index (χ2n) is 6.26. The number of halogens is 1. The normalized spacial score (nSPS) is 18.0. The highest BCUT2D eigenvalue weighted by Crippen LogP contribution is 2.22. The zero-order valence-corrected chi connectivity index (χ0v) is 14.0. The summed E-state index contributed by atoms with van der Waals surface area (Å²) in [7, 11) is 3.45. The van der Waals surface area contributed by atoms with Gasteiger partial charge >= 0.3 is 0 Å². The van der Waals surface area contributed by atoms with Gasteiger partial charge in [0.25, 0.3) is 5.91 Å². The van der Waals surface area contributed by atoms with E-state index in [2.05, 4.69) is 5.10 Å². The van der Waals surface area contributed by atoms with Crippen molar-refractivity contribution in [1.82, 2.24) is 14.7 Å². The van der Waals surface area contributed by atoms with Crippen molar-refractivity contribution >= 4 is 5.91 Å². The van der Waals surface area contributed by atoms with Gasteiger partial charge in [-0.15, -0.1) is 0 Å². The summed E-state index contributed by atoms with van der Waals surface area (Å²) in [4.78, 5) is 14.7. The van der Waals surface area contributed by atoms with E-state index in [1.807, 2.05) is 4.90 Å². The third-order valence-electron chi connectivity index (χ3n) is 4.45. The van der Waals surface area contributed by atoms with Crippen LogP contribution >= 0.6 is 0 Å². The molecule has 2 heterocycles. The number of carbonyl (C=O) groups is 1. The van der Waals surface area contributed by atoms with E-state index in [9.17, 15) is 9.18 Å². The molecule has 0 spiro atoms. The highest BCUT2D eigenvalue weighted by Gasteiger charge is 2.26. The first kappa shape index (κ1) is 16.6. The largest absolute Gasteiger partial charge is 0.384 e. The lowest BCUT2D eigenvalue weighted by molar-refractivity contribution is 0.0561. The van der Waals surface area contributed by atoms with Crippen LogP contribution in [0, 0.1) is 11.7 Å². The van der Waals surface area contributed by atoms with Gasteiger partial charge in [0.05, 0.1) is 12.3 Å². The van der Waals surface area contributed by atoms with Gasteiger partial charge in [-0.2, -0.15) is 5.10 Å². The maximum atomic E-state index is 13.1. The SMILES string of the molecule is COCC1CCCN(C(=O)c2cc(-c3ccc(F)cc3)nn2C)C1. The summed E-state index contributed by atoms with van der Waals surface area (Å²) in [6, 6.07) is 7.90. The van der Waals surface area contributed by atoms with Crippen molar-refractivity contribution in [2.75, 3.05) is 26.8 Å². The van der Waals surface area contributed by atoms with Gasteiger partial charge in [0.15, 0.2) is 0 Å². The lowest BCUT2D eigenvalue weighted by Gasteiger charge is -2.32. The molecule has 1 saturated heterocycles. The molecular formula is C18H22FN3O2. The number of hydrogen-bond acceptors (Lipinski definition) is 3. The standard InChI is InChI=1S/C18H22FN3O2/c1-21-17(10-16(20-21)14-5-7-15(19)8-6-14)18(23)22-9-3-4-13(11-22)12-24-2/h5-8,10,13H,3-4,9,11-12H2,1-2H3. The highest BCUT2D eigenvalue weighted by atomic mass is 19.1. The van der Waals surface area contributed by atoms with E-state index < -0.39 is 0 Å². The molecule has 1 fully saturated rings. The molecule has 0 N–H and O–H groups in total. The predicted molar refractivity (Wildman–Crippen MR) is 89.1 cm³/mol. The fraction of sp³-hybridized carbons (Fsp3) is 0.444. The first-order valence-corrected chi connectivity index (χ1v) is 8.16. The smallest absolute Gasteiger partial charge is 0.272 e. The summed E-state index contributed by atoms with van der Waals surface area (Å²) < 4.78 is 19.9. The van der Waals surface area contributed by atoms with Crippen LogP contribution in [0.25, 0.3) is 11.3 Å². The number of nitrogens with zero attached hydrogens (tertiary/aromatic N) is 3. The molecule has 1 aromatic carbocycles. The van der Waals surface area contributed by atoms with Crippen LogP contribution in [-0.2, 0) is 11.8 Å². The summed E-state index contributed by atoms with van der Waals surface area (Å²) in [5, 5.41) is 4.40. The molecule has 0 aliphatic carbocycles. The van der Waals surface area contributed by atoms with E-state index in [1.165, 1.54) is 12.1 Å². The predicted octanol–water partition coefficient (Wildman–Crippen LogP) is 2.72. The Balaban J connectivity index is 1.79. The molecule has 0 saturated carbocycles. The van der Waals surface area contributed by atoms with E-state index in [-0.39, 0.29) is 11.7 Å². The molecule has 5 nitrogen and oxygen atoms in total. The fourth-order valence-corrected chi connectivity index (χ4v) is 3.21. The summed E-state index contributed by atoms with van der Waals surface area (Å²) in [6.07, 6.45) is 2.08. The van der Waals surface area contributed by atoms with Gasteiger partial charge in [-0.05, 0) is 49.1 Å². The molecule has 1 atom stereocenters. The van der Waals surface area contributed by atoms with Crippen LogP contribution in [0.1, 0.15) is 23.3 Å². The van der Waals surface area contributed by atoms with Crippen LogP contribution in [0.5, 0.6) is 0 Å². The monoisotopic (exact) mass is 331 g/mol. The lowest BCUT2D eigenvalue weighted by atomic mass is 9.98. The van der Waals surface area contributed by atoms with Gasteiger partial charge in [0.1, 0.15) is 11.5 Å². The summed E-state index contributed by atoms with van der Waals surface area (Å²) >= 11 is 0. The minimum absolute atomic E-state index is 0.0147. The second-order valence-corrected chi connectivity index (χ2v) is 6.26. The number of rotatable bonds is 4. The molecule has 1 aliphatic heterocycles. The summed E-state index contributed by atoms with van der Waals surface area (Å²) in [6.45, 7) is 2.15. The number of hydrogen-bond donors (Lipinski definition) is 0. The first-order chi connectivity index (χ1) is 11.6. The van der Waals surface area contributed by atoms with Crippen molar-refractivity contribution in [3.63, 3.8) is 0 Å². The molecule has 2 aromatic rings. The Kier molecular flexibility index (Phi) is 4.94. The first-order valence-electron chi connectivity index (χ1n) is 8.16. The maximum Gasteiger partial charge on any atom is 0.272 e. The van der Waals surface area contributed by atoms with Crippen molar-refractivity contribution in [3.05, 3.63) is 41.8 Å². The van der Waals surface area contributed by atoms with Gasteiger partial charge < -0.3 is 9.64 Å². The molecule has 1 unspecified atom stereocenters. The van der Waals surface area contributed by atoms with Crippen LogP contribution in [-0.4, -0.2) is 47.4 Å². The Hall–Kier alpha value is -2.21. The molecule has 3 rings (SSSR count). The van der Waals surface area contributed by atoms with Crippen molar-refractivity contribution in [2.45, 2.75) is 12.8 Å². The van der Waals surface area contributed by atoms with Gasteiger partial charge in [-0.1, -0.05) is 0 Å². The molecule has 24 heavy (non-hydrogen) atoms. The van der Waals surface area contributed by atoms with Crippen molar-refractivity contribution in [2.24, 2.45) is 13.0 Å². The van der Waals surface area contributed by atoms with Gasteiger partial charge in [0.2, 0.25) is 0 Å². The third kappa shape index (κ3) is 3.48. The lowest BCUT2D eigenvalue weighted by Crippen LogP contribution is -2.41. The van der Waals surface area contributed by atoms with Crippen molar-refractivity contribution in [1.29, 1.82) is 0 Å². The number of methoxy groups -OCH3 is 1. The average Bonchev–Trinajstić information content (AvgIpc) is 2.97. The van der Waals surface area contributed by atoms with Gasteiger partial charge in [-0.3, -0.25) is 9.48 Å². The van der Waals surface area contributed by atoms with E-state index in [4.69, 9.17) is 4.74 Å². The van der Waals surface area contributed by atoms with Crippen molar-refractivity contribution < 1.29 is 13.9 Å². The molecule has 1 amide bonds. The zero-order valence-electron chi connectivity index (χ0n) is 14.0. The van der Waals surface area contributed by atoms with Gasteiger partial charge in [-0.25, -0.2) is 4.39 Å². The van der Waals surface area contributed by atoms with Crippen LogP contribution < -0.4 is 0 Å². The van der Waals surface area contributed by atoms with Crippen LogP contribution in [0.4, 0.5) is 4.39 Å². The van der Waals surface area contributed by atoms with Crippen LogP contribution in [0.15, 0.2) is 30.3 Å². The number of ether oxygens (including phenoxy) is 1. The molecule has 6 heteroatoms.